The lowest BCUT2D eigenvalue weighted by Gasteiger charge is -2.38. The van der Waals surface area contributed by atoms with E-state index in [1.807, 2.05) is 0 Å². The zero-order valence-electron chi connectivity index (χ0n) is 13.0. The molecule has 3 rings (SSSR count). The van der Waals surface area contributed by atoms with E-state index in [1.54, 1.807) is 0 Å². The Morgan fingerprint density at radius 2 is 1.96 bits per heavy atom. The van der Waals surface area contributed by atoms with Crippen molar-refractivity contribution in [2.24, 2.45) is 11.1 Å². The smallest absolute Gasteiger partial charge is 0.240 e. The van der Waals surface area contributed by atoms with Crippen molar-refractivity contribution in [3.05, 3.63) is 30.1 Å². The highest BCUT2D eigenvalue weighted by Crippen LogP contribution is 2.52. The molecule has 0 bridgehead atoms. The van der Waals surface area contributed by atoms with Crippen LogP contribution in [0.4, 0.5) is 14.5 Å². The Morgan fingerprint density at radius 1 is 1.30 bits per heavy atom. The van der Waals surface area contributed by atoms with Crippen LogP contribution in [0, 0.1) is 11.2 Å². The number of hydrogen-bond donors (Lipinski definition) is 1. The predicted molar refractivity (Wildman–Crippen MR) is 81.9 cm³/mol. The molecule has 1 heterocycles. The minimum Gasteiger partial charge on any atom is -0.368 e. The highest BCUT2D eigenvalue weighted by Gasteiger charge is 2.57. The van der Waals surface area contributed by atoms with Gasteiger partial charge in [0.15, 0.2) is 0 Å². The first-order valence-electron chi connectivity index (χ1n) is 7.82. The Labute approximate surface area is 133 Å². The summed E-state index contributed by atoms with van der Waals surface area (Å²) >= 11 is 0. The number of alkyl halides is 1. The molecule has 1 aliphatic carbocycles. The fraction of sp³-hybridized carbons (Fsp3) is 0.529. The first kappa shape index (κ1) is 15.9. The van der Waals surface area contributed by atoms with Crippen molar-refractivity contribution in [3.8, 4) is 0 Å². The SMILES string of the molecule is CC1(F)CCCC2(CC(C(N)=O)N(c3ccc(F)cc3)C2=O)C1. The molecule has 1 aromatic rings. The summed E-state index contributed by atoms with van der Waals surface area (Å²) in [5.41, 5.74) is 3.58. The van der Waals surface area contributed by atoms with E-state index in [9.17, 15) is 18.4 Å². The summed E-state index contributed by atoms with van der Waals surface area (Å²) in [6.45, 7) is 1.50. The van der Waals surface area contributed by atoms with Gasteiger partial charge in [-0.05, 0) is 63.3 Å². The fourth-order valence-electron chi connectivity index (χ4n) is 4.11. The summed E-state index contributed by atoms with van der Waals surface area (Å²) in [6, 6.07) is 4.53. The maximum absolute atomic E-state index is 14.5. The molecule has 3 unspecified atom stereocenters. The van der Waals surface area contributed by atoms with Gasteiger partial charge in [-0.15, -0.1) is 0 Å². The maximum atomic E-state index is 14.5. The lowest BCUT2D eigenvalue weighted by Crippen LogP contribution is -2.44. The van der Waals surface area contributed by atoms with Crippen molar-refractivity contribution in [2.75, 3.05) is 4.90 Å². The van der Waals surface area contributed by atoms with Gasteiger partial charge >= 0.3 is 0 Å². The van der Waals surface area contributed by atoms with Gasteiger partial charge in [0.2, 0.25) is 11.8 Å². The van der Waals surface area contributed by atoms with Crippen molar-refractivity contribution in [1.29, 1.82) is 0 Å². The lowest BCUT2D eigenvalue weighted by atomic mass is 9.67. The van der Waals surface area contributed by atoms with E-state index in [4.69, 9.17) is 5.73 Å². The number of hydrogen-bond acceptors (Lipinski definition) is 2. The summed E-state index contributed by atoms with van der Waals surface area (Å²) in [5.74, 6) is -1.33. The monoisotopic (exact) mass is 322 g/mol. The van der Waals surface area contributed by atoms with Crippen LogP contribution in [0.2, 0.25) is 0 Å². The van der Waals surface area contributed by atoms with Crippen LogP contribution in [0.25, 0.3) is 0 Å². The van der Waals surface area contributed by atoms with E-state index in [1.165, 1.54) is 36.1 Å². The molecule has 6 heteroatoms. The Kier molecular flexibility index (Phi) is 3.65. The first-order valence-corrected chi connectivity index (χ1v) is 7.82. The van der Waals surface area contributed by atoms with Gasteiger partial charge in [0.1, 0.15) is 17.5 Å². The average Bonchev–Trinajstić information content (AvgIpc) is 2.72. The van der Waals surface area contributed by atoms with Crippen LogP contribution < -0.4 is 10.6 Å². The minimum absolute atomic E-state index is 0.0975. The maximum Gasteiger partial charge on any atom is 0.240 e. The molecule has 2 fully saturated rings. The zero-order valence-corrected chi connectivity index (χ0v) is 13.0. The number of benzene rings is 1. The Balaban J connectivity index is 2.00. The van der Waals surface area contributed by atoms with Crippen LogP contribution in [0.15, 0.2) is 24.3 Å². The molecule has 23 heavy (non-hydrogen) atoms. The van der Waals surface area contributed by atoms with Crippen molar-refractivity contribution in [3.63, 3.8) is 0 Å². The Morgan fingerprint density at radius 3 is 2.52 bits per heavy atom. The Bertz CT molecular complexity index is 644. The Hall–Kier alpha value is -1.98. The number of nitrogens with zero attached hydrogens (tertiary/aromatic N) is 1. The molecule has 1 aliphatic heterocycles. The van der Waals surface area contributed by atoms with Crippen LogP contribution >= 0.6 is 0 Å². The molecule has 0 radical (unpaired) electrons. The van der Waals surface area contributed by atoms with Gasteiger partial charge in [0.25, 0.3) is 0 Å². The van der Waals surface area contributed by atoms with Gasteiger partial charge in [0, 0.05) is 5.69 Å². The molecule has 0 aromatic heterocycles. The number of amides is 2. The second-order valence-corrected chi connectivity index (χ2v) is 7.00. The molecule has 2 N–H and O–H groups in total. The summed E-state index contributed by atoms with van der Waals surface area (Å²) in [5, 5.41) is 0. The molecule has 1 saturated heterocycles. The largest absolute Gasteiger partial charge is 0.368 e. The second kappa shape index (κ2) is 5.28. The van der Waals surface area contributed by atoms with Gasteiger partial charge in [0.05, 0.1) is 5.41 Å². The molecule has 4 nitrogen and oxygen atoms in total. The second-order valence-electron chi connectivity index (χ2n) is 7.00. The third-order valence-corrected chi connectivity index (χ3v) is 5.06. The standard InChI is InChI=1S/C17H20F2N2O2/c1-16(19)7-2-8-17(10-16)9-13(14(20)22)21(15(17)23)12-5-3-11(18)4-6-12/h3-6,13H,2,7-10H2,1H3,(H2,20,22). The van der Waals surface area contributed by atoms with E-state index in [2.05, 4.69) is 0 Å². The number of halogens is 2. The molecule has 1 aromatic carbocycles. The van der Waals surface area contributed by atoms with Crippen molar-refractivity contribution < 1.29 is 18.4 Å². The zero-order chi connectivity index (χ0) is 16.8. The highest BCUT2D eigenvalue weighted by atomic mass is 19.1. The molecule has 2 amide bonds. The molecular formula is C17H20F2N2O2. The minimum atomic E-state index is -1.42. The number of rotatable bonds is 2. The summed E-state index contributed by atoms with van der Waals surface area (Å²) < 4.78 is 27.6. The van der Waals surface area contributed by atoms with E-state index in [-0.39, 0.29) is 18.7 Å². The van der Waals surface area contributed by atoms with Gasteiger partial charge in [-0.1, -0.05) is 0 Å². The van der Waals surface area contributed by atoms with E-state index in [0.717, 1.165) is 0 Å². The highest BCUT2D eigenvalue weighted by molar-refractivity contribution is 6.06. The lowest BCUT2D eigenvalue weighted by molar-refractivity contribution is -0.130. The van der Waals surface area contributed by atoms with Crippen LogP contribution in [0.1, 0.15) is 39.0 Å². The van der Waals surface area contributed by atoms with Crippen LogP contribution in [-0.4, -0.2) is 23.5 Å². The van der Waals surface area contributed by atoms with Gasteiger partial charge in [-0.3, -0.25) is 14.5 Å². The van der Waals surface area contributed by atoms with E-state index < -0.39 is 28.8 Å². The predicted octanol–water partition coefficient (Wildman–Crippen LogP) is 2.70. The molecule has 1 spiro atoms. The topological polar surface area (TPSA) is 63.4 Å². The molecule has 3 atom stereocenters. The first-order chi connectivity index (χ1) is 10.7. The quantitative estimate of drug-likeness (QED) is 0.910. The van der Waals surface area contributed by atoms with Crippen molar-refractivity contribution in [2.45, 2.75) is 50.7 Å². The molecule has 124 valence electrons. The summed E-state index contributed by atoms with van der Waals surface area (Å²) in [7, 11) is 0. The van der Waals surface area contributed by atoms with E-state index in [0.29, 0.717) is 24.9 Å². The van der Waals surface area contributed by atoms with Crippen LogP contribution in [0.3, 0.4) is 0 Å². The molecule has 1 saturated carbocycles. The normalized spacial score (nSPS) is 34.1. The third kappa shape index (κ3) is 2.71. The number of carbonyl (C=O) groups excluding carboxylic acids is 2. The summed E-state index contributed by atoms with van der Waals surface area (Å²) in [4.78, 5) is 26.2. The third-order valence-electron chi connectivity index (χ3n) is 5.06. The van der Waals surface area contributed by atoms with Gasteiger partial charge < -0.3 is 5.73 Å². The van der Waals surface area contributed by atoms with Crippen LogP contribution in [0.5, 0.6) is 0 Å². The number of primary amides is 1. The average molecular weight is 322 g/mol. The van der Waals surface area contributed by atoms with Crippen molar-refractivity contribution >= 4 is 17.5 Å². The van der Waals surface area contributed by atoms with Crippen molar-refractivity contribution in [1.82, 2.24) is 0 Å². The van der Waals surface area contributed by atoms with Gasteiger partial charge in [-0.25, -0.2) is 8.78 Å². The van der Waals surface area contributed by atoms with Gasteiger partial charge in [-0.2, -0.15) is 0 Å². The number of nitrogens with two attached hydrogens (primary N) is 1. The molecule has 2 aliphatic rings. The van der Waals surface area contributed by atoms with E-state index >= 15 is 0 Å². The molecular weight excluding hydrogens is 302 g/mol. The summed E-state index contributed by atoms with van der Waals surface area (Å²) in [6.07, 6.45) is 1.88. The van der Waals surface area contributed by atoms with Crippen LogP contribution in [-0.2, 0) is 9.59 Å². The fourth-order valence-corrected chi connectivity index (χ4v) is 4.11. The number of anilines is 1. The number of carbonyl (C=O) groups is 2.